The van der Waals surface area contributed by atoms with Crippen molar-refractivity contribution in [2.45, 2.75) is 13.8 Å². The molecule has 24 aromatic rings. The second-order valence-electron chi connectivity index (χ2n) is 32.3. The zero-order valence-electron chi connectivity index (χ0n) is 76.0. The summed E-state index contributed by atoms with van der Waals surface area (Å²) in [6.45, 7) is -0.208. The molecule has 13 heterocycles. The van der Waals surface area contributed by atoms with Crippen LogP contribution in [0.4, 0.5) is 50.5 Å². The fourth-order valence-electron chi connectivity index (χ4n) is 17.8. The number of thiophene rings is 1. The van der Waals surface area contributed by atoms with Crippen molar-refractivity contribution in [2.75, 3.05) is 14.7 Å². The molecule has 0 spiro atoms. The Morgan fingerprint density at radius 1 is 0.314 bits per heavy atom. The van der Waals surface area contributed by atoms with Gasteiger partial charge in [0.05, 0.1) is 17.4 Å². The van der Waals surface area contributed by atoms with E-state index in [4.69, 9.17) is 27.9 Å². The van der Waals surface area contributed by atoms with E-state index in [1.165, 1.54) is 59.9 Å². The van der Waals surface area contributed by atoms with E-state index in [9.17, 15) is 0 Å². The predicted octanol–water partition coefficient (Wildman–Crippen LogP) is 28.7. The number of nitrogens with zero attached hydrogens (tertiary/aromatic N) is 11. The van der Waals surface area contributed by atoms with E-state index >= 15 is 0 Å². The molecule has 12 aromatic heterocycles. The number of aryl methyl sites for hydroxylation is 2. The zero-order valence-corrected chi connectivity index (χ0v) is 81.5. The van der Waals surface area contributed by atoms with Crippen LogP contribution in [0.15, 0.2) is 428 Å². The van der Waals surface area contributed by atoms with Crippen LogP contribution in [0, 0.1) is 50.2 Å². The molecule has 0 fully saturated rings. The first-order valence-electron chi connectivity index (χ1n) is 45.4. The Kier molecular flexibility index (Phi) is 25.1. The van der Waals surface area contributed by atoms with Crippen LogP contribution in [-0.2, 0) is 63.2 Å². The molecule has 13 nitrogen and oxygen atoms in total. The summed E-state index contributed by atoms with van der Waals surface area (Å²) in [5.41, 5.74) is 27.0. The average Bonchev–Trinajstić information content (AvgIpc) is 1.59. The van der Waals surface area contributed by atoms with Crippen LogP contribution in [0.2, 0.25) is 0 Å². The fourth-order valence-corrected chi connectivity index (χ4v) is 21.1. The molecular weight excluding hydrogens is 2260 g/mol. The maximum absolute atomic E-state index is 7.71. The quantitative estimate of drug-likeness (QED) is 0.0632. The van der Waals surface area contributed by atoms with Gasteiger partial charge in [-0.15, -0.1) is 190 Å². The maximum Gasteiger partial charge on any atom is 2.00 e. The van der Waals surface area contributed by atoms with E-state index in [-0.39, 0.29) is 81.3 Å². The molecule has 658 valence electrons. The van der Waals surface area contributed by atoms with Gasteiger partial charge in [0.2, 0.25) is 18.1 Å². The normalized spacial score (nSPS) is 11.8. The van der Waals surface area contributed by atoms with Gasteiger partial charge in [-0.1, -0.05) is 213 Å². The first kappa shape index (κ1) is 86.1. The predicted molar refractivity (Wildman–Crippen MR) is 549 cm³/mol. The molecule has 0 radical (unpaired) electrons. The minimum Gasteiger partial charge on any atom is -0.436 e. The third-order valence-corrected chi connectivity index (χ3v) is 27.3. The zero-order chi connectivity index (χ0) is 91.9. The second-order valence-corrected chi connectivity index (χ2v) is 35.4. The molecule has 0 aliphatic carbocycles. The number of aromatic nitrogens is 8. The van der Waals surface area contributed by atoms with Gasteiger partial charge < -0.3 is 53.4 Å². The summed E-state index contributed by atoms with van der Waals surface area (Å²) in [5.74, 6) is 0. The minimum absolute atomic E-state index is 0. The van der Waals surface area contributed by atoms with Crippen LogP contribution < -0.4 is 31.1 Å². The van der Waals surface area contributed by atoms with Gasteiger partial charge in [0.1, 0.15) is 0 Å². The van der Waals surface area contributed by atoms with Crippen molar-refractivity contribution >= 4 is 158 Å². The summed E-state index contributed by atoms with van der Waals surface area (Å²) in [6, 6.07) is 150. The van der Waals surface area contributed by atoms with Crippen molar-refractivity contribution in [3.63, 3.8) is 0 Å². The number of hydrogen-bond donors (Lipinski definition) is 0. The largest absolute Gasteiger partial charge is 2.00 e. The van der Waals surface area contributed by atoms with Crippen molar-refractivity contribution < 1.29 is 76.1 Å². The molecule has 25 rings (SSSR count). The summed E-state index contributed by atoms with van der Waals surface area (Å²) in [4.78, 5) is 43.8. The number of para-hydroxylation sites is 2. The smallest absolute Gasteiger partial charge is 0.436 e. The van der Waals surface area contributed by atoms with Crippen molar-refractivity contribution in [1.29, 1.82) is 0 Å². The molecule has 12 aromatic carbocycles. The van der Waals surface area contributed by atoms with Gasteiger partial charge in [-0.3, -0.25) is 0 Å². The van der Waals surface area contributed by atoms with Crippen molar-refractivity contribution in [2.24, 2.45) is 0 Å². The molecule has 0 bridgehead atoms. The summed E-state index contributed by atoms with van der Waals surface area (Å²) < 4.78 is 35.0. The Labute approximate surface area is 845 Å². The third-order valence-electron chi connectivity index (χ3n) is 24.0. The van der Waals surface area contributed by atoms with Crippen molar-refractivity contribution in [1.82, 2.24) is 39.9 Å². The molecule has 1 atom stereocenters. The third kappa shape index (κ3) is 18.1. The van der Waals surface area contributed by atoms with Crippen LogP contribution in [0.25, 0.3) is 149 Å². The van der Waals surface area contributed by atoms with E-state index in [1.807, 2.05) is 152 Å². The van der Waals surface area contributed by atoms with Crippen molar-refractivity contribution in [3.8, 4) is 84.0 Å². The Morgan fingerprint density at radius 2 is 0.737 bits per heavy atom. The summed E-state index contributed by atoms with van der Waals surface area (Å²) in [7, 11) is -0.643. The first-order chi connectivity index (χ1) is 67.4. The summed E-state index contributed by atoms with van der Waals surface area (Å²) >= 11 is 1.61. The number of hydrogen-bond acceptors (Lipinski definition) is 14. The Balaban J connectivity index is 0.000000128. The molecule has 1 aliphatic rings. The fraction of sp³-hybridized carbons (Fsp3) is 0.0169. The van der Waals surface area contributed by atoms with Crippen LogP contribution in [0.5, 0.6) is 0 Å². The van der Waals surface area contributed by atoms with Gasteiger partial charge in [-0.05, 0) is 193 Å². The number of pyridine rings is 8. The molecule has 1 unspecified atom stereocenters. The average molecular weight is 2340 g/mol. The van der Waals surface area contributed by atoms with Gasteiger partial charge in [0, 0.05) is 83.4 Å². The summed E-state index contributed by atoms with van der Waals surface area (Å²) in [6.07, 6.45) is 11.1. The van der Waals surface area contributed by atoms with Gasteiger partial charge in [-0.2, -0.15) is 0 Å². The molecule has 0 N–H and O–H groups in total. The molecule has 19 heteroatoms. The molecule has 1 aliphatic heterocycles. The van der Waals surface area contributed by atoms with Gasteiger partial charge in [0.25, 0.3) is 0 Å². The Hall–Kier alpha value is -15.0. The Bertz CT molecular complexity index is 8620. The monoisotopic (exact) mass is 2340 g/mol. The van der Waals surface area contributed by atoms with Crippen molar-refractivity contribution in [3.05, 3.63) is 466 Å². The molecular formula is C118H75BN11O2PPt3S. The van der Waals surface area contributed by atoms with Gasteiger partial charge in [0.15, 0.2) is 11.2 Å². The van der Waals surface area contributed by atoms with E-state index in [2.05, 4.69) is 325 Å². The van der Waals surface area contributed by atoms with Gasteiger partial charge >= 0.3 is 63.2 Å². The van der Waals surface area contributed by atoms with E-state index in [1.54, 1.807) is 29.8 Å². The van der Waals surface area contributed by atoms with Crippen LogP contribution in [0.1, 0.15) is 15.5 Å². The minimum atomic E-state index is -2.33. The van der Waals surface area contributed by atoms with Crippen LogP contribution >= 0.6 is 18.9 Å². The molecule has 0 saturated carbocycles. The van der Waals surface area contributed by atoms with Gasteiger partial charge in [-0.25, -0.2) is 9.97 Å². The number of fused-ring (bicyclic) bond motifs is 12. The topological polar surface area (TPSA) is 139 Å². The standard InChI is InChI=1S/C40H26BN3.C40H26N3P.C38H23N5O2S.3Pt/c1-3-15-31(16-4-1)41-37-22-8-7-21-35(37)36-27-40(43-28-38(36)41)30-14-12-20-34(26-30)44(32-17-5-2-6-18-32)33-19-11-13-29(25-33)39-23-9-10-24-42-39;1-3-15-31(16-4-1)43(32-17-11-13-29(25-32)37-22-9-10-24-41-37)33-18-12-14-30(26-33)38-27-36-35-21-7-8-23-39(35)44(40(36)28-42-38)34-19-5-2-6-20-34;1-22-11-13-28-30-18-32(39-20-34(30)44-37(28)41-22)24-6-3-8-26(16-24)43(36-10-5-15-46-36)27-9-4-7-25(17-27)33-19-31-29-14-12-23(2)42-38(29)45-35(31)21-40-33;;;/h2*1-24,27-28H;3-15,18-21H,1-2H3;;;/q3*-2;3*+2/i;;1D3;;;. The van der Waals surface area contributed by atoms with E-state index in [0.29, 0.717) is 22.6 Å². The maximum atomic E-state index is 7.71. The number of benzene rings is 12. The number of rotatable bonds is 17. The SMILES string of the molecule is [2H]C([2H])([2H])c1ccc2c(n1)oc1cnc(-c3[c-]c(N(c4[c-]c(-c5cc6c(cn5)oc5nc(C)ccc56)ccc4)c4cccs4)ccc3)cc12.[Pt+2].[Pt+2].[Pt+2].[c-]1c(-c2ccccn2)cccc1N(c1[c-]c(-c2cc3c(cn2)B(c2ccccc2)c2ccccc2-3)ccc1)c1ccccc1.[c-]1c(-c2ccccn2)cccc1N(c1[c-]c(-c2cc3c4ccccc4p(-c4ccccc4)c3cn2)ccc1)c1ccccc1. The Morgan fingerprint density at radius 3 is 1.23 bits per heavy atom. The van der Waals surface area contributed by atoms with Crippen LogP contribution in [-0.4, -0.2) is 46.6 Å². The van der Waals surface area contributed by atoms with E-state index < -0.39 is 14.4 Å². The van der Waals surface area contributed by atoms with E-state index in [0.717, 1.165) is 140 Å². The molecule has 137 heavy (non-hydrogen) atoms. The molecule has 0 amide bonds. The molecule has 0 saturated heterocycles. The summed E-state index contributed by atoms with van der Waals surface area (Å²) in [5, 5.41) is 13.0. The number of anilines is 9. The van der Waals surface area contributed by atoms with Crippen LogP contribution in [0.3, 0.4) is 0 Å². The first-order valence-corrected chi connectivity index (χ1v) is 46.1. The number of furan rings is 2. The second kappa shape index (κ2) is 39.9.